The molecule has 1 aliphatic rings. The Bertz CT molecular complexity index is 493. The third kappa shape index (κ3) is 4.01. The standard InChI is InChI=1S/C18H27NO3/c1-14(2)22-16-10-6-5-9-15(16)13-19-18(17(20)21-3)11-7-4-8-12-18/h5-6,9-10,14,19H,4,7-8,11-13H2,1-3H3. The highest BCUT2D eigenvalue weighted by molar-refractivity contribution is 5.80. The number of hydrogen-bond donors (Lipinski definition) is 1. The summed E-state index contributed by atoms with van der Waals surface area (Å²) in [5.74, 6) is 0.732. The minimum absolute atomic E-state index is 0.130. The molecular formula is C18H27NO3. The van der Waals surface area contributed by atoms with Crippen LogP contribution in [0.15, 0.2) is 24.3 Å². The van der Waals surface area contributed by atoms with Gasteiger partial charge in [0.25, 0.3) is 0 Å². The van der Waals surface area contributed by atoms with Crippen LogP contribution in [0.5, 0.6) is 5.75 Å². The van der Waals surface area contributed by atoms with Crippen LogP contribution in [0.1, 0.15) is 51.5 Å². The van der Waals surface area contributed by atoms with Crippen LogP contribution in [0.25, 0.3) is 0 Å². The van der Waals surface area contributed by atoms with Gasteiger partial charge in [0.1, 0.15) is 11.3 Å². The largest absolute Gasteiger partial charge is 0.491 e. The average molecular weight is 305 g/mol. The van der Waals surface area contributed by atoms with Crippen molar-refractivity contribution in [3.63, 3.8) is 0 Å². The lowest BCUT2D eigenvalue weighted by Crippen LogP contribution is -2.53. The lowest BCUT2D eigenvalue weighted by atomic mass is 9.81. The van der Waals surface area contributed by atoms with E-state index in [1.54, 1.807) is 0 Å². The molecule has 0 bridgehead atoms. The molecule has 122 valence electrons. The van der Waals surface area contributed by atoms with E-state index in [1.807, 2.05) is 38.1 Å². The van der Waals surface area contributed by atoms with Crippen LogP contribution in [-0.4, -0.2) is 24.7 Å². The summed E-state index contributed by atoms with van der Waals surface area (Å²) >= 11 is 0. The average Bonchev–Trinajstić information content (AvgIpc) is 2.53. The molecule has 0 spiro atoms. The second kappa shape index (κ2) is 7.63. The first-order valence-corrected chi connectivity index (χ1v) is 8.15. The second-order valence-electron chi connectivity index (χ2n) is 6.26. The summed E-state index contributed by atoms with van der Waals surface area (Å²) in [6, 6.07) is 7.98. The maximum absolute atomic E-state index is 12.3. The van der Waals surface area contributed by atoms with Crippen LogP contribution in [-0.2, 0) is 16.1 Å². The van der Waals surface area contributed by atoms with Crippen molar-refractivity contribution in [3.05, 3.63) is 29.8 Å². The van der Waals surface area contributed by atoms with Crippen LogP contribution in [0.2, 0.25) is 0 Å². The molecule has 0 heterocycles. The Kier molecular flexibility index (Phi) is 5.83. The lowest BCUT2D eigenvalue weighted by Gasteiger charge is -2.35. The van der Waals surface area contributed by atoms with E-state index in [1.165, 1.54) is 13.5 Å². The maximum atomic E-state index is 12.3. The highest BCUT2D eigenvalue weighted by Gasteiger charge is 2.40. The topological polar surface area (TPSA) is 47.6 Å². The third-order valence-electron chi connectivity index (χ3n) is 4.24. The Hall–Kier alpha value is -1.55. The zero-order chi connectivity index (χ0) is 16.0. The van der Waals surface area contributed by atoms with Crippen molar-refractivity contribution in [1.82, 2.24) is 5.32 Å². The van der Waals surface area contributed by atoms with Gasteiger partial charge in [-0.1, -0.05) is 37.5 Å². The minimum atomic E-state index is -0.544. The molecule has 1 aromatic rings. The number of ether oxygens (including phenoxy) is 2. The summed E-state index contributed by atoms with van der Waals surface area (Å²) < 4.78 is 10.9. The summed E-state index contributed by atoms with van der Waals surface area (Å²) in [6.45, 7) is 4.64. The number of carbonyl (C=O) groups excluding carboxylic acids is 1. The van der Waals surface area contributed by atoms with Gasteiger partial charge in [0.05, 0.1) is 13.2 Å². The highest BCUT2D eigenvalue weighted by atomic mass is 16.5. The quantitative estimate of drug-likeness (QED) is 0.818. The Morgan fingerprint density at radius 3 is 2.55 bits per heavy atom. The Morgan fingerprint density at radius 1 is 1.23 bits per heavy atom. The molecule has 1 saturated carbocycles. The fourth-order valence-corrected chi connectivity index (χ4v) is 3.09. The van der Waals surface area contributed by atoms with E-state index in [-0.39, 0.29) is 12.1 Å². The van der Waals surface area contributed by atoms with Crippen LogP contribution < -0.4 is 10.1 Å². The molecule has 0 atom stereocenters. The van der Waals surface area contributed by atoms with Crippen molar-refractivity contribution in [2.45, 2.75) is 64.1 Å². The molecule has 2 rings (SSSR count). The molecule has 1 N–H and O–H groups in total. The van der Waals surface area contributed by atoms with E-state index < -0.39 is 5.54 Å². The number of para-hydroxylation sites is 1. The number of esters is 1. The number of hydrogen-bond acceptors (Lipinski definition) is 4. The van der Waals surface area contributed by atoms with E-state index in [0.29, 0.717) is 6.54 Å². The molecule has 0 radical (unpaired) electrons. The van der Waals surface area contributed by atoms with Gasteiger partial charge >= 0.3 is 5.97 Å². The predicted molar refractivity (Wildman–Crippen MR) is 86.9 cm³/mol. The van der Waals surface area contributed by atoms with Gasteiger partial charge in [-0.3, -0.25) is 10.1 Å². The number of nitrogens with one attached hydrogen (secondary N) is 1. The van der Waals surface area contributed by atoms with Gasteiger partial charge in [-0.2, -0.15) is 0 Å². The van der Waals surface area contributed by atoms with Crippen molar-refractivity contribution in [1.29, 1.82) is 0 Å². The number of carbonyl (C=O) groups is 1. The molecule has 4 heteroatoms. The molecule has 0 aromatic heterocycles. The van der Waals surface area contributed by atoms with Crippen molar-refractivity contribution in [2.24, 2.45) is 0 Å². The van der Waals surface area contributed by atoms with Gasteiger partial charge in [0.2, 0.25) is 0 Å². The molecule has 1 fully saturated rings. The highest BCUT2D eigenvalue weighted by Crippen LogP contribution is 2.30. The monoisotopic (exact) mass is 305 g/mol. The zero-order valence-electron chi connectivity index (χ0n) is 13.9. The zero-order valence-corrected chi connectivity index (χ0v) is 13.9. The van der Waals surface area contributed by atoms with Crippen LogP contribution in [0.3, 0.4) is 0 Å². The van der Waals surface area contributed by atoms with E-state index in [0.717, 1.165) is 37.0 Å². The molecular weight excluding hydrogens is 278 g/mol. The Balaban J connectivity index is 2.11. The summed E-state index contributed by atoms with van der Waals surface area (Å²) in [6.07, 6.45) is 5.12. The number of rotatable bonds is 6. The molecule has 22 heavy (non-hydrogen) atoms. The van der Waals surface area contributed by atoms with E-state index in [2.05, 4.69) is 5.32 Å². The van der Waals surface area contributed by atoms with E-state index >= 15 is 0 Å². The van der Waals surface area contributed by atoms with Crippen LogP contribution >= 0.6 is 0 Å². The summed E-state index contributed by atoms with van der Waals surface area (Å²) in [5.41, 5.74) is 0.530. The SMILES string of the molecule is COC(=O)C1(NCc2ccccc2OC(C)C)CCCCC1. The van der Waals surface area contributed by atoms with Crippen molar-refractivity contribution >= 4 is 5.97 Å². The van der Waals surface area contributed by atoms with Crippen molar-refractivity contribution < 1.29 is 14.3 Å². The normalized spacial score (nSPS) is 17.3. The summed E-state index contributed by atoms with van der Waals surface area (Å²) in [4.78, 5) is 12.3. The van der Waals surface area contributed by atoms with Gasteiger partial charge in [-0.25, -0.2) is 0 Å². The Labute approximate surface area is 133 Å². The van der Waals surface area contributed by atoms with Gasteiger partial charge in [-0.15, -0.1) is 0 Å². The van der Waals surface area contributed by atoms with Crippen LogP contribution in [0.4, 0.5) is 0 Å². The Morgan fingerprint density at radius 2 is 1.91 bits per heavy atom. The summed E-state index contributed by atoms with van der Waals surface area (Å²) in [5, 5.41) is 3.46. The van der Waals surface area contributed by atoms with Gasteiger partial charge < -0.3 is 9.47 Å². The van der Waals surface area contributed by atoms with Crippen molar-refractivity contribution in [3.8, 4) is 5.75 Å². The van der Waals surface area contributed by atoms with Crippen molar-refractivity contribution in [2.75, 3.05) is 7.11 Å². The predicted octanol–water partition coefficient (Wildman–Crippen LogP) is 3.44. The smallest absolute Gasteiger partial charge is 0.326 e. The van der Waals surface area contributed by atoms with E-state index in [4.69, 9.17) is 9.47 Å². The van der Waals surface area contributed by atoms with Gasteiger partial charge in [0.15, 0.2) is 0 Å². The first-order chi connectivity index (χ1) is 10.6. The number of benzene rings is 1. The fraction of sp³-hybridized carbons (Fsp3) is 0.611. The first kappa shape index (κ1) is 16.8. The maximum Gasteiger partial charge on any atom is 0.326 e. The molecule has 4 nitrogen and oxygen atoms in total. The first-order valence-electron chi connectivity index (χ1n) is 8.15. The molecule has 0 amide bonds. The molecule has 0 saturated heterocycles. The van der Waals surface area contributed by atoms with Gasteiger partial charge in [-0.05, 0) is 32.8 Å². The second-order valence-corrected chi connectivity index (χ2v) is 6.26. The van der Waals surface area contributed by atoms with Gasteiger partial charge in [0, 0.05) is 12.1 Å². The molecule has 0 aliphatic heterocycles. The van der Waals surface area contributed by atoms with E-state index in [9.17, 15) is 4.79 Å². The molecule has 1 aliphatic carbocycles. The van der Waals surface area contributed by atoms with Crippen LogP contribution in [0, 0.1) is 0 Å². The fourth-order valence-electron chi connectivity index (χ4n) is 3.09. The molecule has 0 unspecified atom stereocenters. The number of methoxy groups -OCH3 is 1. The lowest BCUT2D eigenvalue weighted by molar-refractivity contribution is -0.150. The summed E-state index contributed by atoms with van der Waals surface area (Å²) in [7, 11) is 1.47. The minimum Gasteiger partial charge on any atom is -0.491 e. The third-order valence-corrected chi connectivity index (χ3v) is 4.24. The molecule has 1 aromatic carbocycles.